The van der Waals surface area contributed by atoms with Crippen molar-refractivity contribution in [1.82, 2.24) is 15.1 Å². The number of hydrogen-bond donors (Lipinski definition) is 3. The van der Waals surface area contributed by atoms with Crippen molar-refractivity contribution >= 4 is 19.6 Å². The number of amides is 1. The molecule has 1 aliphatic rings. The summed E-state index contributed by atoms with van der Waals surface area (Å²) in [5.41, 5.74) is 0. The first-order valence-electron chi connectivity index (χ1n) is 12.7. The Morgan fingerprint density at radius 3 is 2.12 bits per heavy atom. The van der Waals surface area contributed by atoms with Crippen LogP contribution >= 0.6 is 7.75 Å². The number of carbonyl (C=O) groups excluding carboxylic acids is 1. The van der Waals surface area contributed by atoms with E-state index in [0.717, 1.165) is 32.1 Å². The van der Waals surface area contributed by atoms with Gasteiger partial charge in [-0.15, -0.1) is 4.76 Å². The van der Waals surface area contributed by atoms with Crippen molar-refractivity contribution in [3.8, 4) is 0 Å². The Kier molecular flexibility index (Phi) is 14.9. The van der Waals surface area contributed by atoms with Gasteiger partial charge in [-0.05, 0) is 19.3 Å². The molecule has 32 heavy (non-hydrogen) atoms. The fourth-order valence-electron chi connectivity index (χ4n) is 4.20. The molecule has 1 unspecified atom stereocenters. The maximum Gasteiger partial charge on any atom is 0.451 e. The molecule has 1 amide bonds. The first kappa shape index (κ1) is 28.9. The van der Waals surface area contributed by atoms with Crippen LogP contribution < -0.4 is 5.32 Å². The minimum Gasteiger partial charge on any atom is -0.356 e. The predicted octanol–water partition coefficient (Wildman–Crippen LogP) is 4.53. The zero-order valence-electron chi connectivity index (χ0n) is 20.6. The molecule has 0 spiro atoms. The smallest absolute Gasteiger partial charge is 0.356 e. The number of rotatable bonds is 18. The largest absolute Gasteiger partial charge is 0.451 e. The summed E-state index contributed by atoms with van der Waals surface area (Å²) in [6.45, 7) is 6.98. The van der Waals surface area contributed by atoms with Gasteiger partial charge in [0.2, 0.25) is 11.9 Å². The fraction of sp³-hybridized carbons (Fsp3) is 0.913. The third-order valence-electron chi connectivity index (χ3n) is 6.14. The molecule has 1 heterocycles. The highest BCUT2D eigenvalue weighted by Crippen LogP contribution is 2.37. The minimum atomic E-state index is -4.46. The van der Waals surface area contributed by atoms with Crippen LogP contribution in [0.1, 0.15) is 97.3 Å². The number of carbonyl (C=O) groups is 1. The van der Waals surface area contributed by atoms with E-state index in [2.05, 4.69) is 23.9 Å². The molecule has 3 N–H and O–H groups in total. The Morgan fingerprint density at radius 1 is 0.969 bits per heavy atom. The van der Waals surface area contributed by atoms with E-state index in [0.29, 0.717) is 32.1 Å². The van der Waals surface area contributed by atoms with Crippen molar-refractivity contribution in [2.75, 3.05) is 33.2 Å². The molecule has 0 bridgehead atoms. The fourth-order valence-corrected chi connectivity index (χ4v) is 4.71. The topological polar surface area (TPSA) is 105 Å². The number of nitrogens with one attached hydrogen (secondary N) is 1. The van der Waals surface area contributed by atoms with E-state index in [9.17, 15) is 9.36 Å². The van der Waals surface area contributed by atoms with Gasteiger partial charge in [-0.25, -0.2) is 4.57 Å². The third kappa shape index (κ3) is 12.8. The van der Waals surface area contributed by atoms with Crippen LogP contribution in [0, 0.1) is 5.92 Å². The minimum absolute atomic E-state index is 0.0998. The SMILES string of the molecule is CCCCCCCCC(CCCCCC)C(=O)NCCCN1CCN(C)C1=NP(=O)(O)O. The molecule has 1 rings (SSSR count). The summed E-state index contributed by atoms with van der Waals surface area (Å²) >= 11 is 0. The van der Waals surface area contributed by atoms with Gasteiger partial charge in [-0.3, -0.25) is 4.79 Å². The summed E-state index contributed by atoms with van der Waals surface area (Å²) in [5.74, 6) is 0.599. The average Bonchev–Trinajstić information content (AvgIpc) is 3.07. The van der Waals surface area contributed by atoms with Crippen molar-refractivity contribution in [3.05, 3.63) is 0 Å². The Balaban J connectivity index is 2.42. The van der Waals surface area contributed by atoms with E-state index < -0.39 is 7.75 Å². The molecular weight excluding hydrogens is 427 g/mol. The van der Waals surface area contributed by atoms with Gasteiger partial charge in [0.25, 0.3) is 0 Å². The van der Waals surface area contributed by atoms with Crippen LogP contribution in [-0.2, 0) is 9.36 Å². The molecule has 1 aliphatic heterocycles. The Bertz CT molecular complexity index is 597. The lowest BCUT2D eigenvalue weighted by Crippen LogP contribution is -2.35. The second-order valence-corrected chi connectivity index (χ2v) is 10.3. The molecule has 1 saturated heterocycles. The van der Waals surface area contributed by atoms with Crippen LogP contribution in [0.25, 0.3) is 0 Å². The van der Waals surface area contributed by atoms with Crippen LogP contribution in [0.3, 0.4) is 0 Å². The molecule has 9 heteroatoms. The van der Waals surface area contributed by atoms with Crippen LogP contribution in [0.4, 0.5) is 0 Å². The standard InChI is InChI=1S/C23H47N4O4P/c1-4-6-8-10-11-13-16-21(15-12-9-7-5-2)22(28)24-17-14-18-27-20-19-26(3)23(27)25-32(29,30)31/h21H,4-20H2,1-3H3,(H,24,28)(H2,29,30,31). The number of guanidine groups is 1. The van der Waals surface area contributed by atoms with Gasteiger partial charge in [-0.1, -0.05) is 78.1 Å². The summed E-state index contributed by atoms with van der Waals surface area (Å²) in [6.07, 6.45) is 14.9. The van der Waals surface area contributed by atoms with Crippen LogP contribution in [-0.4, -0.2) is 64.7 Å². The van der Waals surface area contributed by atoms with Gasteiger partial charge in [0.05, 0.1) is 0 Å². The Morgan fingerprint density at radius 2 is 1.53 bits per heavy atom. The summed E-state index contributed by atoms with van der Waals surface area (Å²) in [6, 6.07) is 0. The van der Waals surface area contributed by atoms with Crippen molar-refractivity contribution in [1.29, 1.82) is 0 Å². The lowest BCUT2D eigenvalue weighted by molar-refractivity contribution is -0.125. The van der Waals surface area contributed by atoms with Gasteiger partial charge >= 0.3 is 7.75 Å². The van der Waals surface area contributed by atoms with E-state index >= 15 is 0 Å². The molecule has 188 valence electrons. The average molecular weight is 475 g/mol. The van der Waals surface area contributed by atoms with E-state index in [1.165, 1.54) is 51.4 Å². The van der Waals surface area contributed by atoms with Crippen LogP contribution in [0.2, 0.25) is 0 Å². The normalized spacial score (nSPS) is 16.7. The maximum atomic E-state index is 12.8. The zero-order chi connectivity index (χ0) is 23.8. The summed E-state index contributed by atoms with van der Waals surface area (Å²) in [7, 11) is -2.68. The van der Waals surface area contributed by atoms with Gasteiger partial charge < -0.3 is 24.9 Å². The molecule has 0 saturated carbocycles. The Hall–Kier alpha value is -1.11. The highest BCUT2D eigenvalue weighted by Gasteiger charge is 2.26. The second kappa shape index (κ2) is 16.5. The van der Waals surface area contributed by atoms with E-state index in [1.807, 2.05) is 4.90 Å². The van der Waals surface area contributed by atoms with Crippen molar-refractivity contribution in [2.24, 2.45) is 10.7 Å². The quantitative estimate of drug-likeness (QED) is 0.199. The number of likely N-dealkylation sites (N-methyl/N-ethyl adjacent to an activating group) is 1. The predicted molar refractivity (Wildman–Crippen MR) is 132 cm³/mol. The molecule has 0 radical (unpaired) electrons. The van der Waals surface area contributed by atoms with Crippen molar-refractivity contribution in [3.63, 3.8) is 0 Å². The maximum absolute atomic E-state index is 12.8. The zero-order valence-corrected chi connectivity index (χ0v) is 21.5. The van der Waals surface area contributed by atoms with Crippen LogP contribution in [0.5, 0.6) is 0 Å². The van der Waals surface area contributed by atoms with E-state index in [4.69, 9.17) is 9.79 Å². The molecule has 1 fully saturated rings. The molecule has 0 aromatic carbocycles. The van der Waals surface area contributed by atoms with Gasteiger partial charge in [0.15, 0.2) is 0 Å². The Labute approximate surface area is 195 Å². The van der Waals surface area contributed by atoms with Gasteiger partial charge in [0, 0.05) is 39.1 Å². The third-order valence-corrected chi connectivity index (χ3v) is 6.58. The highest BCUT2D eigenvalue weighted by atomic mass is 31.2. The number of hydrogen-bond acceptors (Lipinski definition) is 2. The molecule has 0 aliphatic carbocycles. The summed E-state index contributed by atoms with van der Waals surface area (Å²) in [5, 5.41) is 3.11. The first-order valence-corrected chi connectivity index (χ1v) is 14.2. The second-order valence-electron chi connectivity index (χ2n) is 9.07. The molecule has 1 atom stereocenters. The van der Waals surface area contributed by atoms with Gasteiger partial charge in [0.1, 0.15) is 0 Å². The molecular formula is C23H47N4O4P. The lowest BCUT2D eigenvalue weighted by atomic mass is 9.93. The molecule has 0 aromatic heterocycles. The summed E-state index contributed by atoms with van der Waals surface area (Å²) < 4.78 is 14.8. The van der Waals surface area contributed by atoms with Crippen LogP contribution in [0.15, 0.2) is 4.76 Å². The monoisotopic (exact) mass is 474 g/mol. The van der Waals surface area contributed by atoms with E-state index in [-0.39, 0.29) is 11.8 Å². The number of unbranched alkanes of at least 4 members (excludes halogenated alkanes) is 8. The first-order chi connectivity index (χ1) is 15.3. The molecule has 8 nitrogen and oxygen atoms in total. The number of nitrogens with zero attached hydrogens (tertiary/aromatic N) is 3. The lowest BCUT2D eigenvalue weighted by Gasteiger charge is -2.21. The molecule has 0 aromatic rings. The van der Waals surface area contributed by atoms with Crippen molar-refractivity contribution in [2.45, 2.75) is 97.3 Å². The van der Waals surface area contributed by atoms with Crippen molar-refractivity contribution < 1.29 is 19.1 Å². The summed E-state index contributed by atoms with van der Waals surface area (Å²) in [4.78, 5) is 34.8. The van der Waals surface area contributed by atoms with Gasteiger partial charge in [-0.2, -0.15) is 0 Å². The highest BCUT2D eigenvalue weighted by molar-refractivity contribution is 7.50. The van der Waals surface area contributed by atoms with E-state index in [1.54, 1.807) is 11.9 Å².